The average molecular weight is 366 g/mol. The summed E-state index contributed by atoms with van der Waals surface area (Å²) in [4.78, 5) is 11.8. The molecule has 2 aromatic rings. The van der Waals surface area contributed by atoms with E-state index in [1.807, 2.05) is 18.2 Å². The SMILES string of the molecule is N#Cc1ccc(Cl)cc1OCC(=O)Nc1cccc(Br)c1. The molecule has 0 aliphatic rings. The Morgan fingerprint density at radius 3 is 2.86 bits per heavy atom. The van der Waals surface area contributed by atoms with Crippen molar-refractivity contribution in [3.8, 4) is 11.8 Å². The number of nitriles is 1. The van der Waals surface area contributed by atoms with E-state index in [0.29, 0.717) is 16.3 Å². The summed E-state index contributed by atoms with van der Waals surface area (Å²) in [5.41, 5.74) is 0.985. The van der Waals surface area contributed by atoms with E-state index < -0.39 is 0 Å². The molecule has 0 fully saturated rings. The van der Waals surface area contributed by atoms with Gasteiger partial charge < -0.3 is 10.1 Å². The van der Waals surface area contributed by atoms with Gasteiger partial charge in [-0.2, -0.15) is 5.26 Å². The number of anilines is 1. The number of benzene rings is 2. The quantitative estimate of drug-likeness (QED) is 0.891. The number of rotatable bonds is 4. The molecule has 0 aliphatic heterocycles. The molecule has 0 saturated carbocycles. The summed E-state index contributed by atoms with van der Waals surface area (Å²) >= 11 is 9.16. The number of ether oxygens (including phenoxy) is 1. The van der Waals surface area contributed by atoms with Gasteiger partial charge in [0, 0.05) is 21.2 Å². The lowest BCUT2D eigenvalue weighted by atomic mass is 10.2. The van der Waals surface area contributed by atoms with Crippen molar-refractivity contribution in [1.82, 2.24) is 0 Å². The van der Waals surface area contributed by atoms with Gasteiger partial charge in [-0.3, -0.25) is 4.79 Å². The van der Waals surface area contributed by atoms with Crippen LogP contribution in [0.5, 0.6) is 5.75 Å². The van der Waals surface area contributed by atoms with Crippen LogP contribution in [0.25, 0.3) is 0 Å². The maximum atomic E-state index is 11.8. The molecule has 0 bridgehead atoms. The first kappa shape index (κ1) is 15.4. The van der Waals surface area contributed by atoms with Crippen LogP contribution in [0.2, 0.25) is 5.02 Å². The molecular weight excluding hydrogens is 356 g/mol. The number of carbonyl (C=O) groups excluding carboxylic acids is 1. The smallest absolute Gasteiger partial charge is 0.262 e. The largest absolute Gasteiger partial charge is 0.482 e. The van der Waals surface area contributed by atoms with Crippen molar-refractivity contribution in [2.24, 2.45) is 0 Å². The molecule has 0 aliphatic carbocycles. The van der Waals surface area contributed by atoms with Crippen molar-refractivity contribution in [2.45, 2.75) is 0 Å². The Hall–Kier alpha value is -2.03. The van der Waals surface area contributed by atoms with E-state index in [9.17, 15) is 4.79 Å². The Labute approximate surface area is 135 Å². The summed E-state index contributed by atoms with van der Waals surface area (Å²) < 4.78 is 6.21. The molecular formula is C15H10BrClN2O2. The van der Waals surface area contributed by atoms with Crippen LogP contribution in [0.3, 0.4) is 0 Å². The molecule has 21 heavy (non-hydrogen) atoms. The maximum absolute atomic E-state index is 11.8. The van der Waals surface area contributed by atoms with Gasteiger partial charge in [0.1, 0.15) is 11.8 Å². The van der Waals surface area contributed by atoms with E-state index in [0.717, 1.165) is 4.47 Å². The Morgan fingerprint density at radius 2 is 2.14 bits per heavy atom. The van der Waals surface area contributed by atoms with E-state index in [-0.39, 0.29) is 18.3 Å². The van der Waals surface area contributed by atoms with E-state index in [1.165, 1.54) is 6.07 Å². The second-order valence-corrected chi connectivity index (χ2v) is 5.45. The Balaban J connectivity index is 1.99. The lowest BCUT2D eigenvalue weighted by molar-refractivity contribution is -0.118. The first-order chi connectivity index (χ1) is 10.1. The van der Waals surface area contributed by atoms with Gasteiger partial charge in [-0.15, -0.1) is 0 Å². The third kappa shape index (κ3) is 4.48. The first-order valence-electron chi connectivity index (χ1n) is 5.96. The molecule has 0 unspecified atom stereocenters. The summed E-state index contributed by atoms with van der Waals surface area (Å²) in [5.74, 6) is -0.0358. The predicted molar refractivity (Wildman–Crippen MR) is 84.4 cm³/mol. The molecule has 0 aromatic heterocycles. The van der Waals surface area contributed by atoms with Crippen molar-refractivity contribution in [3.05, 3.63) is 57.5 Å². The number of hydrogen-bond donors (Lipinski definition) is 1. The number of amides is 1. The number of carbonyl (C=O) groups is 1. The van der Waals surface area contributed by atoms with Gasteiger partial charge in [-0.1, -0.05) is 33.6 Å². The second-order valence-electron chi connectivity index (χ2n) is 4.10. The molecule has 4 nitrogen and oxygen atoms in total. The zero-order valence-electron chi connectivity index (χ0n) is 10.8. The van der Waals surface area contributed by atoms with Gasteiger partial charge in [0.15, 0.2) is 6.61 Å². The van der Waals surface area contributed by atoms with Crippen molar-refractivity contribution in [2.75, 3.05) is 11.9 Å². The van der Waals surface area contributed by atoms with Crippen LogP contribution >= 0.6 is 27.5 Å². The average Bonchev–Trinajstić information content (AvgIpc) is 2.45. The summed E-state index contributed by atoms with van der Waals surface area (Å²) in [6.45, 7) is -0.207. The Morgan fingerprint density at radius 1 is 1.33 bits per heavy atom. The summed E-state index contributed by atoms with van der Waals surface area (Å²) in [7, 11) is 0. The molecule has 1 amide bonds. The highest BCUT2D eigenvalue weighted by atomic mass is 79.9. The highest BCUT2D eigenvalue weighted by molar-refractivity contribution is 9.10. The van der Waals surface area contributed by atoms with E-state index in [1.54, 1.807) is 24.3 Å². The minimum Gasteiger partial charge on any atom is -0.482 e. The zero-order valence-corrected chi connectivity index (χ0v) is 13.1. The fourth-order valence-corrected chi connectivity index (χ4v) is 2.18. The van der Waals surface area contributed by atoms with E-state index >= 15 is 0 Å². The summed E-state index contributed by atoms with van der Waals surface area (Å²) in [6, 6.07) is 13.8. The molecule has 0 spiro atoms. The van der Waals surface area contributed by atoms with Crippen molar-refractivity contribution in [3.63, 3.8) is 0 Å². The van der Waals surface area contributed by atoms with Gasteiger partial charge in [0.25, 0.3) is 5.91 Å². The molecule has 2 rings (SSSR count). The standard InChI is InChI=1S/C15H10BrClN2O2/c16-11-2-1-3-13(6-11)19-15(20)9-21-14-7-12(17)5-4-10(14)8-18/h1-7H,9H2,(H,19,20). The zero-order chi connectivity index (χ0) is 15.2. The number of halogens is 2. The van der Waals surface area contributed by atoms with Crippen molar-refractivity contribution >= 4 is 39.1 Å². The minimum atomic E-state index is -0.322. The van der Waals surface area contributed by atoms with Crippen LogP contribution in [-0.4, -0.2) is 12.5 Å². The lowest BCUT2D eigenvalue weighted by Gasteiger charge is -2.09. The second kappa shape index (κ2) is 7.11. The number of hydrogen-bond acceptors (Lipinski definition) is 3. The molecule has 0 heterocycles. The summed E-state index contributed by atoms with van der Waals surface area (Å²) in [6.07, 6.45) is 0. The Bertz CT molecular complexity index is 713. The number of nitrogens with zero attached hydrogens (tertiary/aromatic N) is 1. The van der Waals surface area contributed by atoms with Gasteiger partial charge in [0.2, 0.25) is 0 Å². The van der Waals surface area contributed by atoms with Crippen LogP contribution in [0, 0.1) is 11.3 Å². The van der Waals surface area contributed by atoms with Crippen molar-refractivity contribution in [1.29, 1.82) is 5.26 Å². The van der Waals surface area contributed by atoms with Gasteiger partial charge in [0.05, 0.1) is 5.56 Å². The lowest BCUT2D eigenvalue weighted by Crippen LogP contribution is -2.20. The predicted octanol–water partition coefficient (Wildman–Crippen LogP) is 3.99. The van der Waals surface area contributed by atoms with Crippen LogP contribution in [0.15, 0.2) is 46.9 Å². The Kier molecular flexibility index (Phi) is 5.20. The third-order valence-electron chi connectivity index (χ3n) is 2.53. The number of nitrogens with one attached hydrogen (secondary N) is 1. The molecule has 0 atom stereocenters. The first-order valence-corrected chi connectivity index (χ1v) is 7.13. The van der Waals surface area contributed by atoms with Gasteiger partial charge in [-0.25, -0.2) is 0 Å². The van der Waals surface area contributed by atoms with Crippen LogP contribution in [-0.2, 0) is 4.79 Å². The normalized spacial score (nSPS) is 9.76. The third-order valence-corrected chi connectivity index (χ3v) is 3.26. The van der Waals surface area contributed by atoms with Gasteiger partial charge >= 0.3 is 0 Å². The fraction of sp³-hybridized carbons (Fsp3) is 0.0667. The molecule has 1 N–H and O–H groups in total. The summed E-state index contributed by atoms with van der Waals surface area (Å²) in [5, 5.41) is 12.1. The highest BCUT2D eigenvalue weighted by Crippen LogP contribution is 2.22. The monoisotopic (exact) mass is 364 g/mol. The van der Waals surface area contributed by atoms with Crippen molar-refractivity contribution < 1.29 is 9.53 Å². The topological polar surface area (TPSA) is 62.1 Å². The molecule has 0 radical (unpaired) electrons. The van der Waals surface area contributed by atoms with Gasteiger partial charge in [-0.05, 0) is 30.3 Å². The van der Waals surface area contributed by atoms with Crippen LogP contribution in [0.4, 0.5) is 5.69 Å². The maximum Gasteiger partial charge on any atom is 0.262 e. The molecule has 106 valence electrons. The van der Waals surface area contributed by atoms with E-state index in [2.05, 4.69) is 21.2 Å². The highest BCUT2D eigenvalue weighted by Gasteiger charge is 2.08. The minimum absolute atomic E-state index is 0.207. The van der Waals surface area contributed by atoms with E-state index in [4.69, 9.17) is 21.6 Å². The molecule has 0 saturated heterocycles. The van der Waals surface area contributed by atoms with Crippen LogP contribution in [0.1, 0.15) is 5.56 Å². The molecule has 2 aromatic carbocycles. The van der Waals surface area contributed by atoms with Crippen LogP contribution < -0.4 is 10.1 Å². The fourth-order valence-electron chi connectivity index (χ4n) is 1.61. The molecule has 6 heteroatoms.